The van der Waals surface area contributed by atoms with Gasteiger partial charge in [-0.25, -0.2) is 0 Å². The number of hydrogen-bond donors (Lipinski definition) is 1. The Labute approximate surface area is 220 Å². The Hall–Kier alpha value is -2.04. The summed E-state index contributed by atoms with van der Waals surface area (Å²) in [7, 11) is 0. The molecule has 0 unspecified atom stereocenters. The first-order valence-electron chi connectivity index (χ1n) is 12.7. The summed E-state index contributed by atoms with van der Waals surface area (Å²) in [4.78, 5) is 28.5. The molecule has 1 N–H and O–H groups in total. The first kappa shape index (κ1) is 27.5. The van der Waals surface area contributed by atoms with Gasteiger partial charge in [-0.15, -0.1) is 0 Å². The van der Waals surface area contributed by atoms with E-state index in [1.807, 2.05) is 13.0 Å². The number of carbonyl (C=O) groups is 2. The molecule has 0 bridgehead atoms. The van der Waals surface area contributed by atoms with E-state index in [4.69, 9.17) is 23.2 Å². The van der Waals surface area contributed by atoms with Gasteiger partial charge >= 0.3 is 0 Å². The third kappa shape index (κ3) is 7.72. The van der Waals surface area contributed by atoms with E-state index >= 15 is 0 Å². The first-order valence-corrected chi connectivity index (χ1v) is 13.5. The molecule has 2 amide bonds. The minimum Gasteiger partial charge on any atom is -0.352 e. The maximum atomic E-state index is 13.5. The molecule has 2 aromatic carbocycles. The predicted octanol–water partition coefficient (Wildman–Crippen LogP) is 7.09. The van der Waals surface area contributed by atoms with Crippen molar-refractivity contribution in [1.82, 2.24) is 10.2 Å². The predicted molar refractivity (Wildman–Crippen MR) is 145 cm³/mol. The number of aryl methyl sites for hydroxylation is 1. The van der Waals surface area contributed by atoms with Crippen LogP contribution in [0.5, 0.6) is 0 Å². The molecule has 1 aliphatic rings. The minimum absolute atomic E-state index is 0.0515. The largest absolute Gasteiger partial charge is 0.352 e. The average molecular weight is 518 g/mol. The number of benzene rings is 2. The molecule has 1 fully saturated rings. The van der Waals surface area contributed by atoms with Crippen LogP contribution in [-0.2, 0) is 28.0 Å². The van der Waals surface area contributed by atoms with Gasteiger partial charge in [0.25, 0.3) is 0 Å². The van der Waals surface area contributed by atoms with Crippen LogP contribution in [0.1, 0.15) is 82.9 Å². The second-order valence-electron chi connectivity index (χ2n) is 10.6. The van der Waals surface area contributed by atoms with E-state index in [-0.39, 0.29) is 29.8 Å². The number of halogens is 2. The summed E-state index contributed by atoms with van der Waals surface area (Å²) in [6, 6.07) is 13.4. The zero-order chi connectivity index (χ0) is 25.6. The third-order valence-electron chi connectivity index (χ3n) is 6.89. The standard InChI is InChI=1S/C29H38Cl2N2O2/c1-5-26(28(35)32-24-8-6-7-9-24)33(19-21-13-16-23(30)18-25(21)31)27(34)17-12-20-10-14-22(15-11-20)29(2,3)4/h10-11,13-16,18,24,26H,5-9,12,17,19H2,1-4H3,(H,32,35)/t26-/m0/s1. The summed E-state index contributed by atoms with van der Waals surface area (Å²) in [5.41, 5.74) is 3.25. The Morgan fingerprint density at radius 2 is 1.71 bits per heavy atom. The Morgan fingerprint density at radius 1 is 1.06 bits per heavy atom. The van der Waals surface area contributed by atoms with Crippen molar-refractivity contribution in [1.29, 1.82) is 0 Å². The Morgan fingerprint density at radius 3 is 2.29 bits per heavy atom. The summed E-state index contributed by atoms with van der Waals surface area (Å²) >= 11 is 12.5. The number of nitrogens with zero attached hydrogens (tertiary/aromatic N) is 1. The Bertz CT molecular complexity index is 1010. The van der Waals surface area contributed by atoms with Gasteiger partial charge in [-0.05, 0) is 59.9 Å². The van der Waals surface area contributed by atoms with Gasteiger partial charge in [-0.2, -0.15) is 0 Å². The first-order chi connectivity index (χ1) is 16.6. The van der Waals surface area contributed by atoms with Crippen LogP contribution in [-0.4, -0.2) is 28.8 Å². The van der Waals surface area contributed by atoms with Crippen LogP contribution in [0.3, 0.4) is 0 Å². The highest BCUT2D eigenvalue weighted by molar-refractivity contribution is 6.35. The Kier molecular flexibility index (Phi) is 9.66. The molecule has 3 rings (SSSR count). The van der Waals surface area contributed by atoms with Crippen LogP contribution in [0.4, 0.5) is 0 Å². The maximum absolute atomic E-state index is 13.5. The number of nitrogens with one attached hydrogen (secondary N) is 1. The molecule has 6 heteroatoms. The van der Waals surface area contributed by atoms with Crippen LogP contribution < -0.4 is 5.32 Å². The fourth-order valence-electron chi connectivity index (χ4n) is 4.69. The highest BCUT2D eigenvalue weighted by Gasteiger charge is 2.30. The molecule has 2 aromatic rings. The summed E-state index contributed by atoms with van der Waals surface area (Å²) in [6.45, 7) is 8.79. The lowest BCUT2D eigenvalue weighted by Crippen LogP contribution is -2.51. The van der Waals surface area contributed by atoms with Crippen LogP contribution in [0, 0.1) is 0 Å². The van der Waals surface area contributed by atoms with Crippen LogP contribution in [0.15, 0.2) is 42.5 Å². The SMILES string of the molecule is CC[C@@H](C(=O)NC1CCCC1)N(Cc1ccc(Cl)cc1Cl)C(=O)CCc1ccc(C(C)(C)C)cc1. The highest BCUT2D eigenvalue weighted by atomic mass is 35.5. The Balaban J connectivity index is 1.77. The van der Waals surface area contributed by atoms with Gasteiger partial charge in [-0.3, -0.25) is 9.59 Å². The van der Waals surface area contributed by atoms with Crippen molar-refractivity contribution >= 4 is 35.0 Å². The molecule has 35 heavy (non-hydrogen) atoms. The molecule has 0 heterocycles. The fraction of sp³-hybridized carbons (Fsp3) is 0.517. The molecular weight excluding hydrogens is 479 g/mol. The third-order valence-corrected chi connectivity index (χ3v) is 7.48. The van der Waals surface area contributed by atoms with E-state index in [9.17, 15) is 9.59 Å². The molecular formula is C29H38Cl2N2O2. The second kappa shape index (κ2) is 12.3. The lowest BCUT2D eigenvalue weighted by atomic mass is 9.86. The van der Waals surface area contributed by atoms with E-state index < -0.39 is 6.04 Å². The summed E-state index contributed by atoms with van der Waals surface area (Å²) < 4.78 is 0. The lowest BCUT2D eigenvalue weighted by molar-refractivity contribution is -0.141. The van der Waals surface area contributed by atoms with Gasteiger partial charge < -0.3 is 10.2 Å². The van der Waals surface area contributed by atoms with E-state index in [1.165, 1.54) is 5.56 Å². The normalized spacial score (nSPS) is 15.1. The monoisotopic (exact) mass is 516 g/mol. The topological polar surface area (TPSA) is 49.4 Å². The number of hydrogen-bond acceptors (Lipinski definition) is 2. The van der Waals surface area contributed by atoms with Crippen molar-refractivity contribution in [2.24, 2.45) is 0 Å². The molecule has 1 atom stereocenters. The summed E-state index contributed by atoms with van der Waals surface area (Å²) in [5, 5.41) is 4.22. The van der Waals surface area contributed by atoms with E-state index in [1.54, 1.807) is 17.0 Å². The zero-order valence-corrected chi connectivity index (χ0v) is 22.9. The van der Waals surface area contributed by atoms with Gasteiger partial charge in [0.15, 0.2) is 0 Å². The quantitative estimate of drug-likeness (QED) is 0.386. The summed E-state index contributed by atoms with van der Waals surface area (Å²) in [5.74, 6) is -0.128. The van der Waals surface area contributed by atoms with Crippen molar-refractivity contribution in [3.8, 4) is 0 Å². The van der Waals surface area contributed by atoms with Gasteiger partial charge in [0.1, 0.15) is 6.04 Å². The van der Waals surface area contributed by atoms with Crippen molar-refractivity contribution in [3.63, 3.8) is 0 Å². The van der Waals surface area contributed by atoms with E-state index in [2.05, 4.69) is 50.4 Å². The lowest BCUT2D eigenvalue weighted by Gasteiger charge is -2.32. The molecule has 1 saturated carbocycles. The molecule has 0 aromatic heterocycles. The number of amides is 2. The van der Waals surface area contributed by atoms with Gasteiger partial charge in [0.2, 0.25) is 11.8 Å². The second-order valence-corrected chi connectivity index (χ2v) is 11.5. The summed E-state index contributed by atoms with van der Waals surface area (Å²) in [6.07, 6.45) is 5.77. The molecule has 0 saturated heterocycles. The molecule has 4 nitrogen and oxygen atoms in total. The van der Waals surface area contributed by atoms with Crippen molar-refractivity contribution < 1.29 is 9.59 Å². The highest BCUT2D eigenvalue weighted by Crippen LogP contribution is 2.26. The molecule has 0 aliphatic heterocycles. The van der Waals surface area contributed by atoms with E-state index in [0.29, 0.717) is 29.3 Å². The number of carbonyl (C=O) groups excluding carboxylic acids is 2. The van der Waals surface area contributed by atoms with Crippen molar-refractivity contribution in [3.05, 3.63) is 69.2 Å². The van der Waals surface area contributed by atoms with E-state index in [0.717, 1.165) is 36.8 Å². The van der Waals surface area contributed by atoms with Gasteiger partial charge in [0, 0.05) is 29.1 Å². The minimum atomic E-state index is -0.543. The van der Waals surface area contributed by atoms with Crippen molar-refractivity contribution in [2.75, 3.05) is 0 Å². The fourth-order valence-corrected chi connectivity index (χ4v) is 5.16. The maximum Gasteiger partial charge on any atom is 0.243 e. The van der Waals surface area contributed by atoms with Crippen molar-refractivity contribution in [2.45, 2.75) is 96.7 Å². The average Bonchev–Trinajstić information content (AvgIpc) is 3.31. The molecule has 1 aliphatic carbocycles. The van der Waals surface area contributed by atoms with Crippen LogP contribution in [0.25, 0.3) is 0 Å². The molecule has 190 valence electrons. The molecule has 0 radical (unpaired) electrons. The van der Waals surface area contributed by atoms with Crippen LogP contribution in [0.2, 0.25) is 10.0 Å². The molecule has 0 spiro atoms. The van der Waals surface area contributed by atoms with Crippen LogP contribution >= 0.6 is 23.2 Å². The van der Waals surface area contributed by atoms with Gasteiger partial charge in [0.05, 0.1) is 0 Å². The van der Waals surface area contributed by atoms with Gasteiger partial charge in [-0.1, -0.05) is 94.1 Å². The zero-order valence-electron chi connectivity index (χ0n) is 21.4. The smallest absolute Gasteiger partial charge is 0.243 e. The number of rotatable bonds is 9.